The number of para-hydroxylation sites is 3. The first-order chi connectivity index (χ1) is 27.2. The van der Waals surface area contributed by atoms with Crippen LogP contribution in [0.3, 0.4) is 0 Å². The van der Waals surface area contributed by atoms with Crippen molar-refractivity contribution in [1.29, 1.82) is 0 Å². The minimum absolute atomic E-state index is 0.448. The Morgan fingerprint density at radius 1 is 0.436 bits per heavy atom. The molecular formula is C53H41NO. The fraction of sp³-hybridized carbons (Fsp3) is 0.0943. The maximum Gasteiger partial charge on any atom is 0.159 e. The van der Waals surface area contributed by atoms with E-state index >= 15 is 0 Å². The Labute approximate surface area is 323 Å². The molecule has 0 fully saturated rings. The van der Waals surface area contributed by atoms with Crippen LogP contribution in [0, 0.1) is 0 Å². The molecule has 0 amide bonds. The summed E-state index contributed by atoms with van der Waals surface area (Å²) < 4.78 is 6.57. The number of hydrogen-bond acceptors (Lipinski definition) is 2. The zero-order valence-electron chi connectivity index (χ0n) is 31.2. The molecule has 264 valence electrons. The highest BCUT2D eigenvalue weighted by Gasteiger charge is 2.48. The summed E-state index contributed by atoms with van der Waals surface area (Å²) in [5.74, 6) is 0. The minimum Gasteiger partial charge on any atom is -0.454 e. The average molecular weight is 708 g/mol. The molecule has 10 rings (SSSR count). The van der Waals surface area contributed by atoms with E-state index in [0.717, 1.165) is 51.8 Å². The molecule has 2 heteroatoms. The highest BCUT2D eigenvalue weighted by molar-refractivity contribution is 6.10. The van der Waals surface area contributed by atoms with Crippen LogP contribution in [0.15, 0.2) is 192 Å². The van der Waals surface area contributed by atoms with Crippen molar-refractivity contribution < 1.29 is 4.42 Å². The predicted molar refractivity (Wildman–Crippen MR) is 230 cm³/mol. The van der Waals surface area contributed by atoms with Crippen molar-refractivity contribution in [2.75, 3.05) is 4.90 Å². The molecule has 0 radical (unpaired) electrons. The Hall–Kier alpha value is -6.64. The van der Waals surface area contributed by atoms with Crippen LogP contribution < -0.4 is 4.90 Å². The summed E-state index contributed by atoms with van der Waals surface area (Å²) in [6.45, 7) is 4.57. The monoisotopic (exact) mass is 707 g/mol. The Morgan fingerprint density at radius 2 is 0.982 bits per heavy atom. The van der Waals surface area contributed by atoms with Gasteiger partial charge in [0.25, 0.3) is 0 Å². The topological polar surface area (TPSA) is 16.4 Å². The van der Waals surface area contributed by atoms with Crippen molar-refractivity contribution in [3.63, 3.8) is 0 Å². The fourth-order valence-corrected chi connectivity index (χ4v) is 9.39. The maximum atomic E-state index is 6.57. The Balaban J connectivity index is 1.18. The van der Waals surface area contributed by atoms with Crippen molar-refractivity contribution >= 4 is 39.0 Å². The summed E-state index contributed by atoms with van der Waals surface area (Å²) in [5.41, 5.74) is 17.7. The zero-order valence-corrected chi connectivity index (χ0v) is 31.2. The second-order valence-corrected chi connectivity index (χ2v) is 14.5. The van der Waals surface area contributed by atoms with E-state index in [9.17, 15) is 0 Å². The smallest absolute Gasteiger partial charge is 0.159 e. The summed E-state index contributed by atoms with van der Waals surface area (Å²) in [4.78, 5) is 2.31. The van der Waals surface area contributed by atoms with E-state index in [0.29, 0.717) is 0 Å². The lowest BCUT2D eigenvalue weighted by Gasteiger charge is -2.37. The number of rotatable bonds is 8. The lowest BCUT2D eigenvalue weighted by atomic mass is 9.64. The highest BCUT2D eigenvalue weighted by Crippen LogP contribution is 2.59. The fourth-order valence-electron chi connectivity index (χ4n) is 9.39. The Morgan fingerprint density at radius 3 is 1.71 bits per heavy atom. The number of benzene rings is 8. The molecule has 8 aromatic carbocycles. The Bertz CT molecular complexity index is 2800. The first kappa shape index (κ1) is 33.0. The number of aryl methyl sites for hydroxylation is 2. The molecule has 1 heterocycles. The molecule has 0 saturated carbocycles. The van der Waals surface area contributed by atoms with Crippen LogP contribution >= 0.6 is 0 Å². The van der Waals surface area contributed by atoms with E-state index in [1.54, 1.807) is 0 Å². The normalized spacial score (nSPS) is 12.8. The molecule has 0 aliphatic heterocycles. The van der Waals surface area contributed by atoms with Gasteiger partial charge in [0.1, 0.15) is 5.58 Å². The van der Waals surface area contributed by atoms with Crippen molar-refractivity contribution in [3.05, 3.63) is 221 Å². The van der Waals surface area contributed by atoms with Crippen molar-refractivity contribution in [2.24, 2.45) is 0 Å². The number of anilines is 3. The van der Waals surface area contributed by atoms with Gasteiger partial charge in [-0.3, -0.25) is 0 Å². The van der Waals surface area contributed by atoms with E-state index in [4.69, 9.17) is 4.42 Å². The van der Waals surface area contributed by atoms with Gasteiger partial charge < -0.3 is 9.32 Å². The summed E-state index contributed by atoms with van der Waals surface area (Å²) in [6, 6.07) is 68.7. The molecule has 0 spiro atoms. The van der Waals surface area contributed by atoms with Gasteiger partial charge in [0.15, 0.2) is 5.58 Å². The van der Waals surface area contributed by atoms with Crippen LogP contribution in [0.25, 0.3) is 44.2 Å². The van der Waals surface area contributed by atoms with Gasteiger partial charge in [-0.25, -0.2) is 0 Å². The molecule has 1 aromatic heterocycles. The molecule has 1 aliphatic carbocycles. The van der Waals surface area contributed by atoms with E-state index in [1.165, 1.54) is 55.6 Å². The van der Waals surface area contributed by atoms with Gasteiger partial charge in [0, 0.05) is 22.1 Å². The third-order valence-electron chi connectivity index (χ3n) is 11.7. The second kappa shape index (κ2) is 13.3. The molecule has 1 aliphatic rings. The van der Waals surface area contributed by atoms with E-state index in [-0.39, 0.29) is 0 Å². The van der Waals surface area contributed by atoms with Crippen LogP contribution in [0.1, 0.15) is 47.2 Å². The van der Waals surface area contributed by atoms with Crippen molar-refractivity contribution in [2.45, 2.75) is 32.1 Å². The third-order valence-corrected chi connectivity index (χ3v) is 11.7. The lowest BCUT2D eigenvalue weighted by Crippen LogP contribution is -2.31. The second-order valence-electron chi connectivity index (χ2n) is 14.5. The van der Waals surface area contributed by atoms with Gasteiger partial charge in [-0.05, 0) is 105 Å². The van der Waals surface area contributed by atoms with Crippen LogP contribution in [-0.2, 0) is 18.3 Å². The first-order valence-corrected chi connectivity index (χ1v) is 19.5. The number of fused-ring (bicyclic) bond motifs is 6. The lowest BCUT2D eigenvalue weighted by molar-refractivity contribution is 0.669. The standard InChI is InChI=1S/C53H41NO/c1-3-36-18-8-12-26-45(36)53(46-27-13-9-19-37(46)4-2)47-28-14-10-23-44(47)51-41(24-16-29-48(51)53)38-32-34-40(35-33-38)54(39-20-6-5-7-21-39)49-30-17-25-43-42-22-11-15-31-50(42)55-52(43)49/h5-35H,3-4H2,1-2H3. The summed E-state index contributed by atoms with van der Waals surface area (Å²) >= 11 is 0. The van der Waals surface area contributed by atoms with Crippen molar-refractivity contribution in [3.8, 4) is 22.3 Å². The van der Waals surface area contributed by atoms with Gasteiger partial charge >= 0.3 is 0 Å². The van der Waals surface area contributed by atoms with Gasteiger partial charge in [-0.2, -0.15) is 0 Å². The van der Waals surface area contributed by atoms with Gasteiger partial charge in [0.2, 0.25) is 0 Å². The van der Waals surface area contributed by atoms with E-state index in [2.05, 4.69) is 195 Å². The van der Waals surface area contributed by atoms with Gasteiger partial charge in [0.05, 0.1) is 11.1 Å². The van der Waals surface area contributed by atoms with Crippen molar-refractivity contribution in [1.82, 2.24) is 0 Å². The largest absolute Gasteiger partial charge is 0.454 e. The van der Waals surface area contributed by atoms with Crippen LogP contribution in [0.5, 0.6) is 0 Å². The number of furan rings is 1. The van der Waals surface area contributed by atoms with E-state index < -0.39 is 5.41 Å². The molecular weight excluding hydrogens is 667 g/mol. The molecule has 55 heavy (non-hydrogen) atoms. The zero-order chi connectivity index (χ0) is 36.9. The quantitative estimate of drug-likeness (QED) is 0.156. The average Bonchev–Trinajstić information content (AvgIpc) is 3.79. The maximum absolute atomic E-state index is 6.57. The predicted octanol–water partition coefficient (Wildman–Crippen LogP) is 14.2. The SMILES string of the molecule is CCc1ccccc1C1(c2ccccc2CC)c2ccccc2-c2c(-c3ccc(N(c4ccccc4)c4cccc5c4oc4ccccc45)cc3)cccc21. The highest BCUT2D eigenvalue weighted by atomic mass is 16.3. The van der Waals surface area contributed by atoms with Crippen LogP contribution in [0.4, 0.5) is 17.1 Å². The van der Waals surface area contributed by atoms with Crippen LogP contribution in [0.2, 0.25) is 0 Å². The molecule has 0 N–H and O–H groups in total. The molecule has 0 unspecified atom stereocenters. The summed E-state index contributed by atoms with van der Waals surface area (Å²) in [5, 5.41) is 2.24. The van der Waals surface area contributed by atoms with E-state index in [1.807, 2.05) is 12.1 Å². The molecule has 2 nitrogen and oxygen atoms in total. The van der Waals surface area contributed by atoms with Gasteiger partial charge in [-0.1, -0.05) is 166 Å². The van der Waals surface area contributed by atoms with Crippen LogP contribution in [-0.4, -0.2) is 0 Å². The summed E-state index contributed by atoms with van der Waals surface area (Å²) in [6.07, 6.45) is 1.93. The molecule has 9 aromatic rings. The van der Waals surface area contributed by atoms with Gasteiger partial charge in [-0.15, -0.1) is 0 Å². The molecule has 0 saturated heterocycles. The first-order valence-electron chi connectivity index (χ1n) is 19.5. The molecule has 0 bridgehead atoms. The Kier molecular flexibility index (Phi) is 7.99. The number of nitrogens with zero attached hydrogens (tertiary/aromatic N) is 1. The third kappa shape index (κ3) is 5.02. The summed E-state index contributed by atoms with van der Waals surface area (Å²) in [7, 11) is 0. The minimum atomic E-state index is -0.448. The molecule has 0 atom stereocenters. The number of hydrogen-bond donors (Lipinski definition) is 0.